The molecule has 0 spiro atoms. The third kappa shape index (κ3) is 25.1. The molecule has 5 heteroatoms. The molecule has 0 aromatic heterocycles. The zero-order valence-electron chi connectivity index (χ0n) is 24.7. The predicted octanol–water partition coefficient (Wildman–Crippen LogP) is 8.74. The fourth-order valence-corrected chi connectivity index (χ4v) is 4.85. The van der Waals surface area contributed by atoms with Crippen molar-refractivity contribution in [3.05, 3.63) is 0 Å². The standard InChI is InChI=1S/C32H62O5/c1-3-5-7-9-11-13-15-17-19-21-23-25-31(34)30(32(35)37-29-28-36-27-26-33)24-22-20-18-16-14-12-10-8-6-4-2/h30,33H,3-29H2,1-2H3. The average Bonchev–Trinajstić information content (AvgIpc) is 2.90. The molecule has 220 valence electrons. The quantitative estimate of drug-likeness (QED) is 0.0575. The van der Waals surface area contributed by atoms with Crippen LogP contribution in [0.15, 0.2) is 0 Å². The maximum absolute atomic E-state index is 12.9. The molecule has 0 aromatic carbocycles. The van der Waals surface area contributed by atoms with Crippen molar-refractivity contribution < 1.29 is 24.2 Å². The third-order valence-electron chi connectivity index (χ3n) is 7.25. The Kier molecular flexibility index (Phi) is 28.9. The number of aliphatic hydroxyl groups is 1. The molecule has 0 saturated carbocycles. The summed E-state index contributed by atoms with van der Waals surface area (Å²) < 4.78 is 10.5. The number of hydrogen-bond donors (Lipinski definition) is 1. The number of ketones is 1. The fraction of sp³-hybridized carbons (Fsp3) is 0.938. The molecule has 1 atom stereocenters. The first-order valence-electron chi connectivity index (χ1n) is 16.0. The van der Waals surface area contributed by atoms with Crippen LogP contribution in [0.1, 0.15) is 162 Å². The summed E-state index contributed by atoms with van der Waals surface area (Å²) in [6, 6.07) is 0. The van der Waals surface area contributed by atoms with Crippen LogP contribution in [0.25, 0.3) is 0 Å². The van der Waals surface area contributed by atoms with Crippen LogP contribution in [0.2, 0.25) is 0 Å². The maximum Gasteiger partial charge on any atom is 0.316 e. The van der Waals surface area contributed by atoms with E-state index in [4.69, 9.17) is 14.6 Å². The molecule has 0 bridgehead atoms. The highest BCUT2D eigenvalue weighted by molar-refractivity contribution is 5.98. The van der Waals surface area contributed by atoms with Crippen LogP contribution in [-0.4, -0.2) is 43.3 Å². The van der Waals surface area contributed by atoms with Crippen molar-refractivity contribution >= 4 is 11.8 Å². The molecular weight excluding hydrogens is 464 g/mol. The molecule has 0 aliphatic rings. The Morgan fingerprint density at radius 2 is 1.00 bits per heavy atom. The molecular formula is C32H62O5. The molecule has 0 saturated heterocycles. The second kappa shape index (κ2) is 29.6. The van der Waals surface area contributed by atoms with Crippen LogP contribution >= 0.6 is 0 Å². The molecule has 0 rings (SSSR count). The van der Waals surface area contributed by atoms with Crippen molar-refractivity contribution in [2.24, 2.45) is 5.92 Å². The Balaban J connectivity index is 4.15. The van der Waals surface area contributed by atoms with E-state index in [1.807, 2.05) is 0 Å². The van der Waals surface area contributed by atoms with Crippen molar-refractivity contribution in [2.45, 2.75) is 162 Å². The van der Waals surface area contributed by atoms with Gasteiger partial charge in [0.05, 0.1) is 19.8 Å². The Hall–Kier alpha value is -0.940. The van der Waals surface area contributed by atoms with Crippen LogP contribution in [0.4, 0.5) is 0 Å². The highest BCUT2D eigenvalue weighted by Gasteiger charge is 2.27. The molecule has 0 aliphatic carbocycles. The second-order valence-electron chi connectivity index (χ2n) is 10.8. The van der Waals surface area contributed by atoms with Gasteiger partial charge in [-0.1, -0.05) is 142 Å². The molecule has 0 heterocycles. The maximum atomic E-state index is 12.9. The number of Topliss-reactive ketones (excluding diaryl/α,β-unsaturated/α-hetero) is 1. The smallest absolute Gasteiger partial charge is 0.316 e. The summed E-state index contributed by atoms with van der Waals surface area (Å²) in [5, 5.41) is 8.78. The predicted molar refractivity (Wildman–Crippen MR) is 155 cm³/mol. The molecule has 0 radical (unpaired) electrons. The number of rotatable bonds is 30. The Morgan fingerprint density at radius 1 is 0.568 bits per heavy atom. The lowest BCUT2D eigenvalue weighted by molar-refractivity contribution is -0.153. The van der Waals surface area contributed by atoms with E-state index in [0.29, 0.717) is 12.8 Å². The number of unbranched alkanes of at least 4 members (excludes halogenated alkanes) is 19. The summed E-state index contributed by atoms with van der Waals surface area (Å²) in [6.07, 6.45) is 27.2. The van der Waals surface area contributed by atoms with Crippen LogP contribution < -0.4 is 0 Å². The van der Waals surface area contributed by atoms with Crippen LogP contribution in [0, 0.1) is 5.92 Å². The van der Waals surface area contributed by atoms with Crippen molar-refractivity contribution in [3.8, 4) is 0 Å². The minimum Gasteiger partial charge on any atom is -0.463 e. The van der Waals surface area contributed by atoms with Gasteiger partial charge in [0.15, 0.2) is 0 Å². The lowest BCUT2D eigenvalue weighted by Gasteiger charge is -2.15. The zero-order chi connectivity index (χ0) is 27.2. The van der Waals surface area contributed by atoms with Gasteiger partial charge >= 0.3 is 5.97 Å². The van der Waals surface area contributed by atoms with E-state index in [1.54, 1.807) is 0 Å². The summed E-state index contributed by atoms with van der Waals surface area (Å²) in [4.78, 5) is 25.6. The van der Waals surface area contributed by atoms with Crippen LogP contribution in [0.3, 0.4) is 0 Å². The van der Waals surface area contributed by atoms with E-state index in [1.165, 1.54) is 109 Å². The Bertz CT molecular complexity index is 494. The largest absolute Gasteiger partial charge is 0.463 e. The number of carbonyl (C=O) groups is 2. The lowest BCUT2D eigenvalue weighted by atomic mass is 9.92. The third-order valence-corrected chi connectivity index (χ3v) is 7.25. The van der Waals surface area contributed by atoms with Gasteiger partial charge in [0.1, 0.15) is 18.3 Å². The Labute approximate surface area is 229 Å². The minimum atomic E-state index is -0.630. The number of ether oxygens (including phenoxy) is 2. The van der Waals surface area contributed by atoms with Gasteiger partial charge in [0, 0.05) is 6.42 Å². The van der Waals surface area contributed by atoms with E-state index in [9.17, 15) is 9.59 Å². The lowest BCUT2D eigenvalue weighted by Crippen LogP contribution is -2.27. The molecule has 0 fully saturated rings. The number of carbonyl (C=O) groups excluding carboxylic acids is 2. The summed E-state index contributed by atoms with van der Waals surface area (Å²) in [5.74, 6) is -0.972. The molecule has 0 amide bonds. The second-order valence-corrected chi connectivity index (χ2v) is 10.8. The van der Waals surface area contributed by atoms with Crippen molar-refractivity contribution in [1.82, 2.24) is 0 Å². The molecule has 37 heavy (non-hydrogen) atoms. The van der Waals surface area contributed by atoms with Gasteiger partial charge in [0.2, 0.25) is 0 Å². The summed E-state index contributed by atoms with van der Waals surface area (Å²) in [7, 11) is 0. The van der Waals surface area contributed by atoms with Gasteiger partial charge in [-0.05, 0) is 12.8 Å². The summed E-state index contributed by atoms with van der Waals surface area (Å²) in [5.41, 5.74) is 0. The van der Waals surface area contributed by atoms with E-state index < -0.39 is 11.9 Å². The molecule has 1 unspecified atom stereocenters. The normalized spacial score (nSPS) is 12.1. The molecule has 0 aromatic rings. The van der Waals surface area contributed by atoms with E-state index >= 15 is 0 Å². The van der Waals surface area contributed by atoms with Crippen molar-refractivity contribution in [1.29, 1.82) is 0 Å². The SMILES string of the molecule is CCCCCCCCCCCCCC(=O)C(CCCCCCCCCCCC)C(=O)OCCOCCO. The zero-order valence-corrected chi connectivity index (χ0v) is 24.7. The number of aliphatic hydroxyl groups excluding tert-OH is 1. The first-order valence-corrected chi connectivity index (χ1v) is 16.0. The fourth-order valence-electron chi connectivity index (χ4n) is 4.85. The van der Waals surface area contributed by atoms with E-state index in [-0.39, 0.29) is 32.2 Å². The summed E-state index contributed by atoms with van der Waals surface area (Å²) in [6.45, 7) is 5.08. The number of hydrogen-bond acceptors (Lipinski definition) is 5. The van der Waals surface area contributed by atoms with Gasteiger partial charge in [-0.2, -0.15) is 0 Å². The van der Waals surface area contributed by atoms with Crippen molar-refractivity contribution in [3.63, 3.8) is 0 Å². The highest BCUT2D eigenvalue weighted by Crippen LogP contribution is 2.19. The van der Waals surface area contributed by atoms with E-state index in [0.717, 1.165) is 25.7 Å². The van der Waals surface area contributed by atoms with Crippen LogP contribution in [0.5, 0.6) is 0 Å². The highest BCUT2D eigenvalue weighted by atomic mass is 16.6. The molecule has 0 aliphatic heterocycles. The van der Waals surface area contributed by atoms with Gasteiger partial charge in [0.25, 0.3) is 0 Å². The van der Waals surface area contributed by atoms with Crippen LogP contribution in [-0.2, 0) is 19.1 Å². The molecule has 5 nitrogen and oxygen atoms in total. The van der Waals surface area contributed by atoms with Gasteiger partial charge < -0.3 is 14.6 Å². The summed E-state index contributed by atoms with van der Waals surface area (Å²) >= 11 is 0. The van der Waals surface area contributed by atoms with Gasteiger partial charge in [-0.25, -0.2) is 0 Å². The van der Waals surface area contributed by atoms with Gasteiger partial charge in [-0.15, -0.1) is 0 Å². The average molecular weight is 527 g/mol. The van der Waals surface area contributed by atoms with E-state index in [2.05, 4.69) is 13.8 Å². The first-order chi connectivity index (χ1) is 18.2. The Morgan fingerprint density at radius 3 is 1.46 bits per heavy atom. The monoisotopic (exact) mass is 526 g/mol. The minimum absolute atomic E-state index is 0.0489. The first kappa shape index (κ1) is 36.1. The topological polar surface area (TPSA) is 72.8 Å². The van der Waals surface area contributed by atoms with Crippen molar-refractivity contribution in [2.75, 3.05) is 26.4 Å². The van der Waals surface area contributed by atoms with Gasteiger partial charge in [-0.3, -0.25) is 9.59 Å². The molecule has 1 N–H and O–H groups in total. The number of esters is 1.